The van der Waals surface area contributed by atoms with Crippen molar-refractivity contribution in [1.82, 2.24) is 4.57 Å². The summed E-state index contributed by atoms with van der Waals surface area (Å²) < 4.78 is 7.28. The van der Waals surface area contributed by atoms with Crippen molar-refractivity contribution in [2.45, 2.75) is 39.7 Å². The molecule has 1 aromatic carbocycles. The zero-order chi connectivity index (χ0) is 13.7. The zero-order valence-corrected chi connectivity index (χ0v) is 11.7. The van der Waals surface area contributed by atoms with Crippen LogP contribution in [-0.4, -0.2) is 17.1 Å². The molecule has 0 atom stereocenters. The smallest absolute Gasteiger partial charge is 0.310 e. The van der Waals surface area contributed by atoms with Crippen molar-refractivity contribution in [1.29, 1.82) is 0 Å². The highest BCUT2D eigenvalue weighted by molar-refractivity contribution is 5.87. The van der Waals surface area contributed by atoms with E-state index in [4.69, 9.17) is 4.74 Å². The Kier molecular flexibility index (Phi) is 4.61. The van der Waals surface area contributed by atoms with E-state index in [1.807, 2.05) is 19.1 Å². The first-order chi connectivity index (χ1) is 9.26. The van der Waals surface area contributed by atoms with Crippen LogP contribution in [0.5, 0.6) is 0 Å². The molecule has 3 heteroatoms. The molecule has 0 N–H and O–H groups in total. The van der Waals surface area contributed by atoms with Gasteiger partial charge in [-0.05, 0) is 25.0 Å². The van der Waals surface area contributed by atoms with E-state index in [0.29, 0.717) is 13.0 Å². The van der Waals surface area contributed by atoms with E-state index in [0.717, 1.165) is 23.9 Å². The SMILES string of the molecule is CCCCn1cc(CC(=O)OCC)c2ccccc21. The predicted octanol–water partition coefficient (Wildman–Crippen LogP) is 3.55. The van der Waals surface area contributed by atoms with Crippen molar-refractivity contribution in [3.8, 4) is 0 Å². The predicted molar refractivity (Wildman–Crippen MR) is 77.2 cm³/mol. The molecule has 0 fully saturated rings. The van der Waals surface area contributed by atoms with Gasteiger partial charge in [0.25, 0.3) is 0 Å². The number of carbonyl (C=O) groups excluding carboxylic acids is 1. The van der Waals surface area contributed by atoms with Crippen LogP contribution in [-0.2, 0) is 22.5 Å². The number of benzene rings is 1. The van der Waals surface area contributed by atoms with Crippen LogP contribution in [0.2, 0.25) is 0 Å². The van der Waals surface area contributed by atoms with Gasteiger partial charge in [-0.3, -0.25) is 4.79 Å². The Morgan fingerprint density at radius 1 is 1.26 bits per heavy atom. The van der Waals surface area contributed by atoms with Gasteiger partial charge in [0.05, 0.1) is 13.0 Å². The zero-order valence-electron chi connectivity index (χ0n) is 11.7. The van der Waals surface area contributed by atoms with E-state index < -0.39 is 0 Å². The third-order valence-corrected chi connectivity index (χ3v) is 3.26. The molecular weight excluding hydrogens is 238 g/mol. The fourth-order valence-corrected chi connectivity index (χ4v) is 2.34. The lowest BCUT2D eigenvalue weighted by Crippen LogP contribution is -2.07. The van der Waals surface area contributed by atoms with Crippen molar-refractivity contribution in [2.75, 3.05) is 6.61 Å². The topological polar surface area (TPSA) is 31.2 Å². The normalized spacial score (nSPS) is 10.8. The fraction of sp³-hybridized carbons (Fsp3) is 0.438. The average Bonchev–Trinajstić information content (AvgIpc) is 2.75. The van der Waals surface area contributed by atoms with Gasteiger partial charge < -0.3 is 9.30 Å². The summed E-state index contributed by atoms with van der Waals surface area (Å²) in [6, 6.07) is 8.24. The number of aromatic nitrogens is 1. The first-order valence-corrected chi connectivity index (χ1v) is 6.98. The highest BCUT2D eigenvalue weighted by Crippen LogP contribution is 2.22. The third kappa shape index (κ3) is 3.16. The Morgan fingerprint density at radius 3 is 2.79 bits per heavy atom. The molecule has 0 amide bonds. The maximum absolute atomic E-state index is 11.6. The molecule has 0 spiro atoms. The van der Waals surface area contributed by atoms with Gasteiger partial charge in [0.1, 0.15) is 0 Å². The van der Waals surface area contributed by atoms with Gasteiger partial charge in [-0.1, -0.05) is 31.5 Å². The number of hydrogen-bond donors (Lipinski definition) is 0. The lowest BCUT2D eigenvalue weighted by Gasteiger charge is -2.02. The van der Waals surface area contributed by atoms with E-state index in [2.05, 4.69) is 29.8 Å². The summed E-state index contributed by atoms with van der Waals surface area (Å²) in [6.45, 7) is 5.46. The molecular formula is C16H21NO2. The summed E-state index contributed by atoms with van der Waals surface area (Å²) in [5, 5.41) is 1.16. The van der Waals surface area contributed by atoms with Crippen molar-refractivity contribution >= 4 is 16.9 Å². The number of nitrogens with zero attached hydrogens (tertiary/aromatic N) is 1. The van der Waals surface area contributed by atoms with E-state index in [1.165, 1.54) is 11.9 Å². The lowest BCUT2D eigenvalue weighted by atomic mass is 10.1. The van der Waals surface area contributed by atoms with Crippen LogP contribution in [0.1, 0.15) is 32.3 Å². The third-order valence-electron chi connectivity index (χ3n) is 3.26. The monoisotopic (exact) mass is 259 g/mol. The van der Waals surface area contributed by atoms with Gasteiger partial charge in [-0.25, -0.2) is 0 Å². The van der Waals surface area contributed by atoms with Crippen molar-refractivity contribution in [3.05, 3.63) is 36.0 Å². The van der Waals surface area contributed by atoms with Crippen LogP contribution < -0.4 is 0 Å². The highest BCUT2D eigenvalue weighted by Gasteiger charge is 2.11. The van der Waals surface area contributed by atoms with Gasteiger partial charge in [-0.15, -0.1) is 0 Å². The number of fused-ring (bicyclic) bond motifs is 1. The van der Waals surface area contributed by atoms with Crippen LogP contribution in [0, 0.1) is 0 Å². The van der Waals surface area contributed by atoms with Crippen LogP contribution >= 0.6 is 0 Å². The molecule has 0 unspecified atom stereocenters. The molecule has 0 aliphatic carbocycles. The second-order valence-electron chi connectivity index (χ2n) is 4.70. The van der Waals surface area contributed by atoms with Crippen molar-refractivity contribution in [2.24, 2.45) is 0 Å². The molecule has 0 saturated carbocycles. The Bertz CT molecular complexity index is 557. The number of para-hydroxylation sites is 1. The van der Waals surface area contributed by atoms with Crippen LogP contribution in [0.15, 0.2) is 30.5 Å². The van der Waals surface area contributed by atoms with Gasteiger partial charge in [-0.2, -0.15) is 0 Å². The molecule has 0 aliphatic heterocycles. The van der Waals surface area contributed by atoms with Crippen molar-refractivity contribution in [3.63, 3.8) is 0 Å². The number of hydrogen-bond acceptors (Lipinski definition) is 2. The Balaban J connectivity index is 2.30. The lowest BCUT2D eigenvalue weighted by molar-refractivity contribution is -0.142. The second kappa shape index (κ2) is 6.41. The molecule has 0 bridgehead atoms. The minimum atomic E-state index is -0.152. The second-order valence-corrected chi connectivity index (χ2v) is 4.70. The number of carbonyl (C=O) groups is 1. The van der Waals surface area contributed by atoms with E-state index in [9.17, 15) is 4.79 Å². The van der Waals surface area contributed by atoms with E-state index in [1.54, 1.807) is 0 Å². The maximum atomic E-state index is 11.6. The molecule has 3 nitrogen and oxygen atoms in total. The number of aryl methyl sites for hydroxylation is 1. The molecule has 0 radical (unpaired) electrons. The minimum absolute atomic E-state index is 0.152. The molecule has 1 aromatic heterocycles. The number of esters is 1. The quantitative estimate of drug-likeness (QED) is 0.743. The molecule has 2 aromatic rings. The summed E-state index contributed by atoms with van der Waals surface area (Å²) in [4.78, 5) is 11.6. The first-order valence-electron chi connectivity index (χ1n) is 6.98. The van der Waals surface area contributed by atoms with Gasteiger partial charge in [0.2, 0.25) is 0 Å². The van der Waals surface area contributed by atoms with Gasteiger partial charge in [0, 0.05) is 23.6 Å². The number of unbranched alkanes of at least 4 members (excludes halogenated alkanes) is 1. The molecule has 19 heavy (non-hydrogen) atoms. The first kappa shape index (κ1) is 13.7. The van der Waals surface area contributed by atoms with Crippen LogP contribution in [0.25, 0.3) is 10.9 Å². The van der Waals surface area contributed by atoms with Crippen LogP contribution in [0.4, 0.5) is 0 Å². The van der Waals surface area contributed by atoms with Gasteiger partial charge in [0.15, 0.2) is 0 Å². The maximum Gasteiger partial charge on any atom is 0.310 e. The summed E-state index contributed by atoms with van der Waals surface area (Å²) in [5.74, 6) is -0.152. The van der Waals surface area contributed by atoms with E-state index in [-0.39, 0.29) is 5.97 Å². The van der Waals surface area contributed by atoms with Crippen LogP contribution in [0.3, 0.4) is 0 Å². The standard InChI is InChI=1S/C16H21NO2/c1-3-5-10-17-12-13(11-16(18)19-4-2)14-8-6-7-9-15(14)17/h6-9,12H,3-5,10-11H2,1-2H3. The Morgan fingerprint density at radius 2 is 2.05 bits per heavy atom. The highest BCUT2D eigenvalue weighted by atomic mass is 16.5. The molecule has 2 rings (SSSR count). The Hall–Kier alpha value is -1.77. The minimum Gasteiger partial charge on any atom is -0.466 e. The fourth-order valence-electron chi connectivity index (χ4n) is 2.34. The van der Waals surface area contributed by atoms with Crippen molar-refractivity contribution < 1.29 is 9.53 Å². The summed E-state index contributed by atoms with van der Waals surface area (Å²) in [6.07, 6.45) is 4.77. The largest absolute Gasteiger partial charge is 0.466 e. The Labute approximate surface area is 114 Å². The summed E-state index contributed by atoms with van der Waals surface area (Å²) in [5.41, 5.74) is 2.26. The number of ether oxygens (including phenoxy) is 1. The van der Waals surface area contributed by atoms with Gasteiger partial charge >= 0.3 is 5.97 Å². The molecule has 0 aliphatic rings. The number of rotatable bonds is 6. The average molecular weight is 259 g/mol. The summed E-state index contributed by atoms with van der Waals surface area (Å²) >= 11 is 0. The molecule has 102 valence electrons. The molecule has 1 heterocycles. The van der Waals surface area contributed by atoms with E-state index >= 15 is 0 Å². The summed E-state index contributed by atoms with van der Waals surface area (Å²) in [7, 11) is 0. The molecule has 0 saturated heterocycles.